The van der Waals surface area contributed by atoms with Gasteiger partial charge in [0.25, 0.3) is 5.91 Å². The molecule has 0 aliphatic carbocycles. The summed E-state index contributed by atoms with van der Waals surface area (Å²) in [5.74, 6) is 1.21. The van der Waals surface area contributed by atoms with Gasteiger partial charge in [0.05, 0.1) is 0 Å². The molecule has 6 heteroatoms. The molecule has 1 aliphatic heterocycles. The lowest BCUT2D eigenvalue weighted by atomic mass is 10.0. The maximum absolute atomic E-state index is 12.8. The van der Waals surface area contributed by atoms with Crippen molar-refractivity contribution in [1.29, 1.82) is 0 Å². The Morgan fingerprint density at radius 3 is 2.62 bits per heavy atom. The fraction of sp³-hybridized carbons (Fsp3) is 0.250. The molecule has 2 heterocycles. The second kappa shape index (κ2) is 7.09. The number of amides is 1. The van der Waals surface area contributed by atoms with Crippen molar-refractivity contribution in [2.24, 2.45) is 0 Å². The fourth-order valence-corrected chi connectivity index (χ4v) is 3.23. The minimum absolute atomic E-state index is 0.162. The first-order valence-electron chi connectivity index (χ1n) is 8.75. The quantitative estimate of drug-likeness (QED) is 0.789. The molecular formula is C20H21N5O. The highest BCUT2D eigenvalue weighted by Gasteiger charge is 2.17. The van der Waals surface area contributed by atoms with E-state index in [0.29, 0.717) is 11.4 Å². The summed E-state index contributed by atoms with van der Waals surface area (Å²) in [6.07, 6.45) is 1.51. The van der Waals surface area contributed by atoms with Gasteiger partial charge in [-0.05, 0) is 23.9 Å². The molecule has 0 bridgehead atoms. The third-order valence-electron chi connectivity index (χ3n) is 4.76. The molecule has 0 saturated carbocycles. The van der Waals surface area contributed by atoms with Crippen molar-refractivity contribution >= 4 is 28.3 Å². The molecule has 1 N–H and O–H groups in total. The van der Waals surface area contributed by atoms with Crippen LogP contribution in [0, 0.1) is 0 Å². The second-order valence-electron chi connectivity index (χ2n) is 6.53. The molecule has 26 heavy (non-hydrogen) atoms. The van der Waals surface area contributed by atoms with Crippen LogP contribution in [-0.2, 0) is 0 Å². The fourth-order valence-electron chi connectivity index (χ4n) is 3.23. The summed E-state index contributed by atoms with van der Waals surface area (Å²) < 4.78 is 0. The minimum atomic E-state index is -0.162. The lowest BCUT2D eigenvalue weighted by Crippen LogP contribution is -2.44. The van der Waals surface area contributed by atoms with Gasteiger partial charge in [0.1, 0.15) is 18.0 Å². The van der Waals surface area contributed by atoms with Crippen LogP contribution in [0.3, 0.4) is 0 Å². The van der Waals surface area contributed by atoms with Gasteiger partial charge in [-0.25, -0.2) is 9.97 Å². The number of nitrogens with one attached hydrogen (secondary N) is 1. The van der Waals surface area contributed by atoms with E-state index in [1.165, 1.54) is 6.33 Å². The van der Waals surface area contributed by atoms with Crippen LogP contribution in [0.4, 0.5) is 11.6 Å². The van der Waals surface area contributed by atoms with Crippen LogP contribution in [-0.4, -0.2) is 54.0 Å². The van der Waals surface area contributed by atoms with Crippen molar-refractivity contribution in [3.8, 4) is 0 Å². The predicted octanol–water partition coefficient (Wildman–Crippen LogP) is 2.63. The van der Waals surface area contributed by atoms with Crippen LogP contribution in [0.5, 0.6) is 0 Å². The monoisotopic (exact) mass is 347 g/mol. The van der Waals surface area contributed by atoms with Crippen molar-refractivity contribution in [3.63, 3.8) is 0 Å². The molecule has 1 fully saturated rings. The molecule has 0 atom stereocenters. The summed E-state index contributed by atoms with van der Waals surface area (Å²) in [5, 5.41) is 4.89. The molecule has 1 amide bonds. The Labute approximate surface area is 152 Å². The first kappa shape index (κ1) is 16.5. The number of hydrogen-bond acceptors (Lipinski definition) is 5. The van der Waals surface area contributed by atoms with Crippen LogP contribution in [0.15, 0.2) is 54.9 Å². The van der Waals surface area contributed by atoms with Gasteiger partial charge < -0.3 is 15.1 Å². The normalized spacial score (nSPS) is 15.2. The summed E-state index contributed by atoms with van der Waals surface area (Å²) in [6, 6.07) is 15.4. The minimum Gasteiger partial charge on any atom is -0.354 e. The summed E-state index contributed by atoms with van der Waals surface area (Å²) in [7, 11) is 2.12. The molecule has 132 valence electrons. The molecule has 1 aromatic heterocycles. The van der Waals surface area contributed by atoms with Gasteiger partial charge in [-0.3, -0.25) is 4.79 Å². The van der Waals surface area contributed by atoms with Crippen molar-refractivity contribution in [3.05, 3.63) is 60.4 Å². The van der Waals surface area contributed by atoms with Crippen LogP contribution < -0.4 is 10.2 Å². The molecule has 6 nitrogen and oxygen atoms in total. The number of likely N-dealkylation sites (N-methyl/N-ethyl adjacent to an activating group) is 1. The summed E-state index contributed by atoms with van der Waals surface area (Å²) >= 11 is 0. The van der Waals surface area contributed by atoms with Gasteiger partial charge in [-0.1, -0.05) is 36.4 Å². The van der Waals surface area contributed by atoms with Crippen molar-refractivity contribution in [1.82, 2.24) is 14.9 Å². The van der Waals surface area contributed by atoms with Crippen LogP contribution in [0.25, 0.3) is 10.8 Å². The van der Waals surface area contributed by atoms with Crippen molar-refractivity contribution in [2.45, 2.75) is 0 Å². The number of carbonyl (C=O) groups is 1. The number of fused-ring (bicyclic) bond motifs is 1. The molecule has 3 aromatic rings. The Kier molecular flexibility index (Phi) is 4.50. The standard InChI is InChI=1S/C20H21N5O/c1-24-9-11-25(12-10-24)19-13-18(21-14-22-19)23-20(26)17-8-4-6-15-5-2-3-7-16(15)17/h2-8,13-14H,9-12H2,1H3,(H,21,22,23,26). The third-order valence-corrected chi connectivity index (χ3v) is 4.76. The molecule has 4 rings (SSSR count). The SMILES string of the molecule is CN1CCN(c2cc(NC(=O)c3cccc4ccccc34)ncn2)CC1. The summed E-state index contributed by atoms with van der Waals surface area (Å²) in [5.41, 5.74) is 0.642. The first-order chi connectivity index (χ1) is 12.7. The molecule has 0 unspecified atom stereocenters. The Hall–Kier alpha value is -2.99. The topological polar surface area (TPSA) is 61.4 Å². The van der Waals surface area contributed by atoms with Crippen molar-refractivity contribution < 1.29 is 4.79 Å². The van der Waals surface area contributed by atoms with Gasteiger partial charge in [0.2, 0.25) is 0 Å². The van der Waals surface area contributed by atoms with E-state index in [1.54, 1.807) is 0 Å². The van der Waals surface area contributed by atoms with Crippen molar-refractivity contribution in [2.75, 3.05) is 43.4 Å². The largest absolute Gasteiger partial charge is 0.354 e. The van der Waals surface area contributed by atoms with Gasteiger partial charge in [0, 0.05) is 37.8 Å². The number of hydrogen-bond donors (Lipinski definition) is 1. The second-order valence-corrected chi connectivity index (χ2v) is 6.53. The van der Waals surface area contributed by atoms with Crippen LogP contribution in [0.2, 0.25) is 0 Å². The number of nitrogens with zero attached hydrogens (tertiary/aromatic N) is 4. The molecule has 0 radical (unpaired) electrons. The Morgan fingerprint density at radius 2 is 1.77 bits per heavy atom. The van der Waals surface area contributed by atoms with Gasteiger partial charge in [-0.15, -0.1) is 0 Å². The van der Waals surface area contributed by atoms with Gasteiger partial charge >= 0.3 is 0 Å². The average Bonchev–Trinajstić information content (AvgIpc) is 2.68. The molecule has 1 saturated heterocycles. The maximum Gasteiger partial charge on any atom is 0.257 e. The lowest BCUT2D eigenvalue weighted by molar-refractivity contribution is 0.102. The zero-order valence-corrected chi connectivity index (χ0v) is 14.7. The zero-order valence-electron chi connectivity index (χ0n) is 14.7. The van der Waals surface area contributed by atoms with E-state index >= 15 is 0 Å². The van der Waals surface area contributed by atoms with Gasteiger partial charge in [-0.2, -0.15) is 0 Å². The highest BCUT2D eigenvalue weighted by atomic mass is 16.1. The van der Waals surface area contributed by atoms with E-state index in [0.717, 1.165) is 42.8 Å². The number of rotatable bonds is 3. The summed E-state index contributed by atoms with van der Waals surface area (Å²) in [4.78, 5) is 25.9. The van der Waals surface area contributed by atoms with E-state index in [2.05, 4.69) is 32.1 Å². The molecule has 0 spiro atoms. The average molecular weight is 347 g/mol. The summed E-state index contributed by atoms with van der Waals surface area (Å²) in [6.45, 7) is 3.85. The molecular weight excluding hydrogens is 326 g/mol. The number of anilines is 2. The number of carbonyl (C=O) groups excluding carboxylic acids is 1. The van der Waals surface area contributed by atoms with E-state index in [4.69, 9.17) is 0 Å². The highest BCUT2D eigenvalue weighted by Crippen LogP contribution is 2.21. The van der Waals surface area contributed by atoms with E-state index in [1.807, 2.05) is 48.5 Å². The number of piperazine rings is 1. The van der Waals surface area contributed by atoms with Crippen LogP contribution >= 0.6 is 0 Å². The maximum atomic E-state index is 12.8. The predicted molar refractivity (Wildman–Crippen MR) is 104 cm³/mol. The first-order valence-corrected chi connectivity index (χ1v) is 8.75. The number of benzene rings is 2. The van der Waals surface area contributed by atoms with E-state index < -0.39 is 0 Å². The number of aromatic nitrogens is 2. The van der Waals surface area contributed by atoms with Crippen LogP contribution in [0.1, 0.15) is 10.4 Å². The van der Waals surface area contributed by atoms with E-state index in [-0.39, 0.29) is 5.91 Å². The zero-order chi connectivity index (χ0) is 17.9. The molecule has 2 aromatic carbocycles. The van der Waals surface area contributed by atoms with Gasteiger partial charge in [0.15, 0.2) is 0 Å². The Bertz CT molecular complexity index is 929. The highest BCUT2D eigenvalue weighted by molar-refractivity contribution is 6.12. The lowest BCUT2D eigenvalue weighted by Gasteiger charge is -2.33. The third kappa shape index (κ3) is 3.36. The Balaban J connectivity index is 1.55. The van der Waals surface area contributed by atoms with E-state index in [9.17, 15) is 4.79 Å². The Morgan fingerprint density at radius 1 is 1.00 bits per heavy atom. The molecule has 1 aliphatic rings. The smallest absolute Gasteiger partial charge is 0.257 e.